The first-order valence-electron chi connectivity index (χ1n) is 13.1. The second kappa shape index (κ2) is 11.5. The van der Waals surface area contributed by atoms with E-state index in [1.165, 1.54) is 11.5 Å². The smallest absolute Gasteiger partial charge is 0.416 e. The summed E-state index contributed by atoms with van der Waals surface area (Å²) in [6.45, 7) is 4.32. The van der Waals surface area contributed by atoms with Crippen LogP contribution in [0.3, 0.4) is 0 Å². The van der Waals surface area contributed by atoms with Crippen LogP contribution in [0.15, 0.2) is 35.4 Å². The zero-order chi connectivity index (χ0) is 31.1. The summed E-state index contributed by atoms with van der Waals surface area (Å²) in [7, 11) is 0. The Kier molecular flexibility index (Phi) is 7.96. The van der Waals surface area contributed by atoms with Gasteiger partial charge in [-0.25, -0.2) is 9.97 Å². The summed E-state index contributed by atoms with van der Waals surface area (Å²) >= 11 is 6.04. The Hall–Kier alpha value is -4.73. The molecule has 0 atom stereocenters. The number of aromatic hydroxyl groups is 1. The molecular formula is C26H25ClF3N9O4. The number of hydrogen-bond acceptors (Lipinski definition) is 9. The first-order valence-corrected chi connectivity index (χ1v) is 13.5. The van der Waals surface area contributed by atoms with Gasteiger partial charge >= 0.3 is 6.18 Å². The lowest BCUT2D eigenvalue weighted by Crippen LogP contribution is -2.50. The van der Waals surface area contributed by atoms with Crippen LogP contribution in [0, 0.1) is 0 Å². The minimum absolute atomic E-state index is 0.00619. The monoisotopic (exact) mass is 619 g/mol. The number of nitrogens with zero attached hydrogens (tertiary/aromatic N) is 8. The van der Waals surface area contributed by atoms with Crippen LogP contribution in [0.4, 0.5) is 24.5 Å². The van der Waals surface area contributed by atoms with Gasteiger partial charge in [-0.2, -0.15) is 22.7 Å². The number of halogens is 4. The van der Waals surface area contributed by atoms with Crippen LogP contribution < -0.4 is 15.8 Å². The number of hydrogen-bond donors (Lipinski definition) is 2. The summed E-state index contributed by atoms with van der Waals surface area (Å²) in [4.78, 5) is 54.9. The number of carbonyl (C=O) groups is 2. The van der Waals surface area contributed by atoms with Crippen LogP contribution in [0.1, 0.15) is 25.1 Å². The van der Waals surface area contributed by atoms with Gasteiger partial charge in [0, 0.05) is 33.1 Å². The van der Waals surface area contributed by atoms with E-state index in [4.69, 9.17) is 11.6 Å². The number of aromatic nitrogens is 6. The highest BCUT2D eigenvalue weighted by Gasteiger charge is 2.31. The van der Waals surface area contributed by atoms with Crippen LogP contribution in [-0.2, 0) is 28.7 Å². The number of carbonyl (C=O) groups excluding carboxylic acids is 2. The fraction of sp³-hybridized carbons (Fsp3) is 0.346. The Bertz CT molecular complexity index is 1760. The molecule has 0 saturated carbocycles. The van der Waals surface area contributed by atoms with Gasteiger partial charge < -0.3 is 24.8 Å². The minimum atomic E-state index is -4.61. The molecule has 1 aliphatic heterocycles. The van der Waals surface area contributed by atoms with E-state index in [2.05, 4.69) is 25.4 Å². The van der Waals surface area contributed by atoms with Crippen molar-refractivity contribution < 1.29 is 27.9 Å². The van der Waals surface area contributed by atoms with Crippen LogP contribution in [0.25, 0.3) is 17.4 Å². The van der Waals surface area contributed by atoms with Crippen LogP contribution in [0.5, 0.6) is 5.75 Å². The Morgan fingerprint density at radius 3 is 2.35 bits per heavy atom. The quantitative estimate of drug-likeness (QED) is 0.332. The van der Waals surface area contributed by atoms with E-state index in [9.17, 15) is 32.7 Å². The van der Waals surface area contributed by atoms with Gasteiger partial charge in [0.15, 0.2) is 11.6 Å². The third-order valence-corrected chi connectivity index (χ3v) is 7.22. The average molecular weight is 620 g/mol. The van der Waals surface area contributed by atoms with E-state index in [0.29, 0.717) is 44.4 Å². The van der Waals surface area contributed by atoms with E-state index in [0.717, 1.165) is 29.0 Å². The van der Waals surface area contributed by atoms with E-state index >= 15 is 0 Å². The molecular weight excluding hydrogens is 595 g/mol. The van der Waals surface area contributed by atoms with Crippen molar-refractivity contribution in [2.24, 2.45) is 0 Å². The molecule has 0 radical (unpaired) electrons. The molecule has 2 amide bonds. The number of fused-ring (bicyclic) bond motifs is 1. The fourth-order valence-corrected chi connectivity index (χ4v) is 5.06. The third kappa shape index (κ3) is 5.95. The van der Waals surface area contributed by atoms with E-state index < -0.39 is 29.8 Å². The number of rotatable bonds is 6. The summed E-state index contributed by atoms with van der Waals surface area (Å²) in [5.74, 6) is -0.962. The highest BCUT2D eigenvalue weighted by Crippen LogP contribution is 2.34. The van der Waals surface area contributed by atoms with Crippen molar-refractivity contribution in [2.75, 3.05) is 36.4 Å². The zero-order valence-corrected chi connectivity index (χ0v) is 23.6. The van der Waals surface area contributed by atoms with E-state index in [1.807, 2.05) is 4.90 Å². The molecule has 4 aromatic rings. The number of anilines is 2. The van der Waals surface area contributed by atoms with Crippen molar-refractivity contribution in [1.82, 2.24) is 34.0 Å². The maximum Gasteiger partial charge on any atom is 0.416 e. The van der Waals surface area contributed by atoms with Gasteiger partial charge in [0.25, 0.3) is 5.56 Å². The van der Waals surface area contributed by atoms with Crippen molar-refractivity contribution in [3.05, 3.63) is 57.2 Å². The van der Waals surface area contributed by atoms with Gasteiger partial charge in [0.1, 0.15) is 12.2 Å². The average Bonchev–Trinajstić information content (AvgIpc) is 3.41. The summed E-state index contributed by atoms with van der Waals surface area (Å²) in [6, 6.07) is 2.58. The first kappa shape index (κ1) is 29.8. The lowest BCUT2D eigenvalue weighted by Gasteiger charge is -2.36. The predicted molar refractivity (Wildman–Crippen MR) is 149 cm³/mol. The van der Waals surface area contributed by atoms with Gasteiger partial charge in [-0.05, 0) is 24.6 Å². The minimum Gasteiger partial charge on any atom is -0.505 e. The summed E-state index contributed by atoms with van der Waals surface area (Å²) in [5.41, 5.74) is -0.791. The second-order valence-electron chi connectivity index (χ2n) is 9.69. The van der Waals surface area contributed by atoms with Crippen molar-refractivity contribution >= 4 is 40.6 Å². The first-order chi connectivity index (χ1) is 20.4. The molecule has 0 spiro atoms. The zero-order valence-electron chi connectivity index (χ0n) is 22.9. The molecule has 226 valence electrons. The fourth-order valence-electron chi connectivity index (χ4n) is 4.83. The molecule has 43 heavy (non-hydrogen) atoms. The normalized spacial score (nSPS) is 13.9. The Labute approximate surface area is 246 Å². The molecule has 4 heterocycles. The van der Waals surface area contributed by atoms with Crippen LogP contribution in [0.2, 0.25) is 5.02 Å². The summed E-state index contributed by atoms with van der Waals surface area (Å²) in [5, 5.41) is 16.1. The second-order valence-corrected chi connectivity index (χ2v) is 10.1. The molecule has 17 heteroatoms. The highest BCUT2D eigenvalue weighted by atomic mass is 35.5. The number of alkyl halides is 3. The van der Waals surface area contributed by atoms with Gasteiger partial charge in [-0.1, -0.05) is 18.5 Å². The molecule has 2 N–H and O–H groups in total. The molecule has 1 aliphatic rings. The number of amides is 2. The maximum absolute atomic E-state index is 13.8. The standard InChI is InChI=1S/C26H25ClF3N9O4/c1-3-19-21(37-8-6-36(7-9-37)14(2)40)24(43)39-25(34-23(35-39)22-31-11-16(41)12-32-22)38(19)13-20(42)33-18-5-4-15(10-17(18)27)26(28,29)30/h4-5,10-12,41H,3,6-9,13H2,1-2H3,(H,33,42). The molecule has 1 saturated heterocycles. The van der Waals surface area contributed by atoms with E-state index in [1.54, 1.807) is 11.8 Å². The molecule has 1 fully saturated rings. The molecule has 0 unspecified atom stereocenters. The molecule has 1 aromatic carbocycles. The lowest BCUT2D eigenvalue weighted by atomic mass is 10.2. The molecule has 3 aromatic heterocycles. The Morgan fingerprint density at radius 2 is 1.77 bits per heavy atom. The molecule has 5 rings (SSSR count). The van der Waals surface area contributed by atoms with Gasteiger partial charge in [-0.15, -0.1) is 5.10 Å². The summed E-state index contributed by atoms with van der Waals surface area (Å²) < 4.78 is 41.7. The topological polar surface area (TPSA) is 151 Å². The number of piperazine rings is 1. The number of nitrogens with one attached hydrogen (secondary N) is 1. The van der Waals surface area contributed by atoms with Gasteiger partial charge in [0.05, 0.1) is 34.4 Å². The third-order valence-electron chi connectivity index (χ3n) is 6.91. The van der Waals surface area contributed by atoms with Crippen LogP contribution >= 0.6 is 11.6 Å². The maximum atomic E-state index is 13.8. The van der Waals surface area contributed by atoms with Crippen molar-refractivity contribution in [1.29, 1.82) is 0 Å². The van der Waals surface area contributed by atoms with Crippen molar-refractivity contribution in [3.8, 4) is 17.4 Å². The largest absolute Gasteiger partial charge is 0.505 e. The molecule has 13 nitrogen and oxygen atoms in total. The lowest BCUT2D eigenvalue weighted by molar-refractivity contribution is -0.137. The van der Waals surface area contributed by atoms with Gasteiger partial charge in [-0.3, -0.25) is 14.4 Å². The highest BCUT2D eigenvalue weighted by molar-refractivity contribution is 6.33. The molecule has 0 aliphatic carbocycles. The van der Waals surface area contributed by atoms with Crippen molar-refractivity contribution in [3.63, 3.8) is 0 Å². The molecule has 0 bridgehead atoms. The SMILES string of the molecule is CCc1c(N2CCN(C(C)=O)CC2)c(=O)n2nc(-c3ncc(O)cn3)nc2n1CC(=O)Nc1ccc(C(F)(F)F)cc1Cl. The van der Waals surface area contributed by atoms with E-state index in [-0.39, 0.29) is 45.5 Å². The van der Waals surface area contributed by atoms with Crippen LogP contribution in [-0.4, -0.2) is 77.1 Å². The van der Waals surface area contributed by atoms with Crippen molar-refractivity contribution in [2.45, 2.75) is 33.0 Å². The summed E-state index contributed by atoms with van der Waals surface area (Å²) in [6.07, 6.45) is -2.04. The van der Waals surface area contributed by atoms with Gasteiger partial charge in [0.2, 0.25) is 23.4 Å². The Morgan fingerprint density at radius 1 is 1.09 bits per heavy atom. The predicted octanol–water partition coefficient (Wildman–Crippen LogP) is 2.60. The number of benzene rings is 1. The Balaban J connectivity index is 1.58.